The molecule has 0 radical (unpaired) electrons. The Kier molecular flexibility index (Phi) is 8.53. The van der Waals surface area contributed by atoms with Gasteiger partial charge in [0.15, 0.2) is 0 Å². The zero-order valence-corrected chi connectivity index (χ0v) is 18.0. The van der Waals surface area contributed by atoms with Crippen molar-refractivity contribution >= 4 is 0 Å². The molecule has 1 aromatic rings. The molecule has 0 atom stereocenters. The van der Waals surface area contributed by atoms with Crippen LogP contribution < -0.4 is 4.74 Å². The van der Waals surface area contributed by atoms with E-state index in [1.807, 2.05) is 24.3 Å². The molecule has 28 heavy (non-hydrogen) atoms. The van der Waals surface area contributed by atoms with E-state index >= 15 is 0 Å². The number of unbranched alkanes of at least 4 members (excludes halogenated alkanes) is 1. The Balaban J connectivity index is 1.37. The van der Waals surface area contributed by atoms with Crippen molar-refractivity contribution in [1.82, 2.24) is 0 Å². The van der Waals surface area contributed by atoms with E-state index in [-0.39, 0.29) is 0 Å². The van der Waals surface area contributed by atoms with E-state index in [0.29, 0.717) is 0 Å². The summed E-state index contributed by atoms with van der Waals surface area (Å²) in [4.78, 5) is 0. The lowest BCUT2D eigenvalue weighted by atomic mass is 9.68. The van der Waals surface area contributed by atoms with Crippen molar-refractivity contribution in [3.05, 3.63) is 42.0 Å². The van der Waals surface area contributed by atoms with Gasteiger partial charge in [0.05, 0.1) is 7.11 Å². The Bertz CT molecular complexity index is 644. The molecule has 152 valence electrons. The van der Waals surface area contributed by atoms with Crippen molar-refractivity contribution < 1.29 is 4.74 Å². The van der Waals surface area contributed by atoms with Gasteiger partial charge >= 0.3 is 0 Å². The average molecular weight is 379 g/mol. The zero-order chi connectivity index (χ0) is 19.6. The average Bonchev–Trinajstić information content (AvgIpc) is 2.76. The Labute approximate surface area is 173 Å². The van der Waals surface area contributed by atoms with Gasteiger partial charge in [0.25, 0.3) is 0 Å². The first kappa shape index (κ1) is 21.0. The van der Waals surface area contributed by atoms with Gasteiger partial charge < -0.3 is 4.74 Å². The largest absolute Gasteiger partial charge is 0.497 e. The number of hydrogen-bond acceptors (Lipinski definition) is 1. The predicted octanol–water partition coefficient (Wildman–Crippen LogP) is 7.41. The van der Waals surface area contributed by atoms with Crippen molar-refractivity contribution in [3.8, 4) is 17.6 Å². The van der Waals surface area contributed by atoms with Crippen LogP contribution in [0.1, 0.15) is 83.1 Å². The molecule has 1 nitrogen and oxygen atoms in total. The summed E-state index contributed by atoms with van der Waals surface area (Å²) in [6.07, 6.45) is 20.3. The van der Waals surface area contributed by atoms with Crippen molar-refractivity contribution in [3.63, 3.8) is 0 Å². The van der Waals surface area contributed by atoms with E-state index < -0.39 is 0 Å². The number of hydrogen-bond donors (Lipinski definition) is 0. The van der Waals surface area contributed by atoms with Gasteiger partial charge in [0.2, 0.25) is 0 Å². The molecule has 2 fully saturated rings. The molecule has 2 saturated carbocycles. The Morgan fingerprint density at radius 1 is 0.929 bits per heavy atom. The fourth-order valence-electron chi connectivity index (χ4n) is 5.23. The van der Waals surface area contributed by atoms with Crippen LogP contribution in [-0.2, 0) is 0 Å². The molecule has 0 aromatic heterocycles. The lowest BCUT2D eigenvalue weighted by Crippen LogP contribution is -2.25. The molecule has 3 rings (SSSR count). The normalized spacial score (nSPS) is 27.9. The third-order valence-corrected chi connectivity index (χ3v) is 7.10. The summed E-state index contributed by atoms with van der Waals surface area (Å²) in [7, 11) is 1.69. The molecule has 1 aromatic carbocycles. The van der Waals surface area contributed by atoms with Crippen LogP contribution in [0.15, 0.2) is 36.4 Å². The van der Waals surface area contributed by atoms with Crippen LogP contribution in [0.2, 0.25) is 0 Å². The van der Waals surface area contributed by atoms with Crippen LogP contribution in [-0.4, -0.2) is 7.11 Å². The molecular weight excluding hydrogens is 340 g/mol. The molecule has 0 bridgehead atoms. The minimum Gasteiger partial charge on any atom is -0.497 e. The molecule has 0 N–H and O–H groups in total. The molecule has 0 heterocycles. The smallest absolute Gasteiger partial charge is 0.118 e. The Hall–Kier alpha value is -1.68. The van der Waals surface area contributed by atoms with Crippen LogP contribution in [0.5, 0.6) is 5.75 Å². The first-order chi connectivity index (χ1) is 13.8. The predicted molar refractivity (Wildman–Crippen MR) is 119 cm³/mol. The second-order valence-corrected chi connectivity index (χ2v) is 8.95. The van der Waals surface area contributed by atoms with E-state index in [9.17, 15) is 0 Å². The van der Waals surface area contributed by atoms with Gasteiger partial charge in [-0.25, -0.2) is 0 Å². The first-order valence-electron chi connectivity index (χ1n) is 11.6. The maximum atomic E-state index is 5.19. The second-order valence-electron chi connectivity index (χ2n) is 8.95. The van der Waals surface area contributed by atoms with Gasteiger partial charge in [0.1, 0.15) is 5.75 Å². The molecular formula is C27H38O. The minimum atomic E-state index is 0.738. The minimum absolute atomic E-state index is 0.738. The summed E-state index contributed by atoms with van der Waals surface area (Å²) in [5.74, 6) is 11.1. The number of ether oxygens (including phenoxy) is 1. The fourth-order valence-corrected chi connectivity index (χ4v) is 5.23. The summed E-state index contributed by atoms with van der Waals surface area (Å²) in [5, 5.41) is 0. The van der Waals surface area contributed by atoms with Crippen molar-refractivity contribution in [2.24, 2.45) is 23.7 Å². The maximum absolute atomic E-state index is 5.19. The number of methoxy groups -OCH3 is 1. The van der Waals surface area contributed by atoms with Gasteiger partial charge in [-0.05, 0) is 92.5 Å². The van der Waals surface area contributed by atoms with Crippen LogP contribution in [0, 0.1) is 35.5 Å². The standard InChI is InChI=1S/C27H38O/c1-3-4-7-22-10-16-25(17-11-22)26-18-12-23(13-19-26)8-5-6-9-24-14-20-27(28-2)21-15-24/h5,8,14-15,20-23,25-26H,3-4,7,10-13,16-19H2,1-2H3/t22-,23-,25-,26-. The third kappa shape index (κ3) is 6.44. The lowest BCUT2D eigenvalue weighted by molar-refractivity contribution is 0.152. The van der Waals surface area contributed by atoms with Gasteiger partial charge in [0, 0.05) is 5.56 Å². The van der Waals surface area contributed by atoms with Crippen LogP contribution in [0.4, 0.5) is 0 Å². The van der Waals surface area contributed by atoms with E-state index in [4.69, 9.17) is 4.74 Å². The Morgan fingerprint density at radius 2 is 1.57 bits per heavy atom. The van der Waals surface area contributed by atoms with Gasteiger partial charge in [-0.15, -0.1) is 0 Å². The highest BCUT2D eigenvalue weighted by molar-refractivity contribution is 5.40. The molecule has 0 spiro atoms. The summed E-state index contributed by atoms with van der Waals surface area (Å²) in [6.45, 7) is 2.32. The van der Waals surface area contributed by atoms with Crippen molar-refractivity contribution in [2.75, 3.05) is 7.11 Å². The van der Waals surface area contributed by atoms with Gasteiger partial charge in [-0.2, -0.15) is 0 Å². The summed E-state index contributed by atoms with van der Waals surface area (Å²) in [6, 6.07) is 7.96. The number of allylic oxidation sites excluding steroid dienone is 2. The van der Waals surface area contributed by atoms with Crippen LogP contribution in [0.25, 0.3) is 0 Å². The van der Waals surface area contributed by atoms with E-state index in [1.165, 1.54) is 70.6 Å². The zero-order valence-electron chi connectivity index (χ0n) is 18.0. The molecule has 0 saturated heterocycles. The molecule has 0 aliphatic heterocycles. The van der Waals surface area contributed by atoms with Crippen molar-refractivity contribution in [2.45, 2.75) is 77.6 Å². The van der Waals surface area contributed by atoms with Crippen LogP contribution in [0.3, 0.4) is 0 Å². The molecule has 2 aliphatic carbocycles. The highest BCUT2D eigenvalue weighted by atomic mass is 16.5. The highest BCUT2D eigenvalue weighted by Crippen LogP contribution is 2.42. The highest BCUT2D eigenvalue weighted by Gasteiger charge is 2.30. The van der Waals surface area contributed by atoms with E-state index in [1.54, 1.807) is 7.11 Å². The first-order valence-corrected chi connectivity index (χ1v) is 11.6. The summed E-state index contributed by atoms with van der Waals surface area (Å²) < 4.78 is 5.19. The maximum Gasteiger partial charge on any atom is 0.118 e. The third-order valence-electron chi connectivity index (χ3n) is 7.10. The van der Waals surface area contributed by atoms with Gasteiger partial charge in [-0.3, -0.25) is 0 Å². The SMILES string of the molecule is CCCC[C@H]1CC[C@H]([C@H]2CC[C@H](C=CC#Cc3ccc(OC)cc3)CC2)CC1. The topological polar surface area (TPSA) is 9.23 Å². The number of rotatable bonds is 6. The summed E-state index contributed by atoms with van der Waals surface area (Å²) >= 11 is 0. The van der Waals surface area contributed by atoms with Crippen molar-refractivity contribution in [1.29, 1.82) is 0 Å². The second kappa shape index (κ2) is 11.4. The lowest BCUT2D eigenvalue weighted by Gasteiger charge is -2.37. The quantitative estimate of drug-likeness (QED) is 0.468. The van der Waals surface area contributed by atoms with Crippen LogP contribution >= 0.6 is 0 Å². The molecule has 0 unspecified atom stereocenters. The number of benzene rings is 1. The van der Waals surface area contributed by atoms with E-state index in [0.717, 1.165) is 35.0 Å². The fraction of sp³-hybridized carbons (Fsp3) is 0.630. The molecule has 0 amide bonds. The van der Waals surface area contributed by atoms with Gasteiger partial charge in [-0.1, -0.05) is 56.9 Å². The molecule has 1 heteroatoms. The van der Waals surface area contributed by atoms with E-state index in [2.05, 4.69) is 30.9 Å². The summed E-state index contributed by atoms with van der Waals surface area (Å²) in [5.41, 5.74) is 1.05. The molecule has 2 aliphatic rings. The monoisotopic (exact) mass is 378 g/mol. The Morgan fingerprint density at radius 3 is 2.18 bits per heavy atom.